The molecule has 1 fully saturated rings. The van der Waals surface area contributed by atoms with Crippen LogP contribution in [0.5, 0.6) is 5.75 Å². The Morgan fingerprint density at radius 2 is 2.15 bits per heavy atom. The van der Waals surface area contributed by atoms with Crippen LogP contribution in [0.2, 0.25) is 0 Å². The third-order valence-electron chi connectivity index (χ3n) is 4.19. The van der Waals surface area contributed by atoms with Gasteiger partial charge in [0.1, 0.15) is 5.75 Å². The van der Waals surface area contributed by atoms with Crippen LogP contribution >= 0.6 is 0 Å². The molecule has 0 spiro atoms. The van der Waals surface area contributed by atoms with Gasteiger partial charge in [0.15, 0.2) is 0 Å². The third kappa shape index (κ3) is 3.07. The molecule has 1 heterocycles. The molecule has 1 aliphatic rings. The number of hydrogen-bond donors (Lipinski definition) is 1. The number of benzene rings is 1. The van der Waals surface area contributed by atoms with Crippen molar-refractivity contribution in [1.29, 1.82) is 0 Å². The highest BCUT2D eigenvalue weighted by molar-refractivity contribution is 5.61. The Kier molecular flexibility index (Phi) is 4.89. The summed E-state index contributed by atoms with van der Waals surface area (Å²) in [5.41, 5.74) is 8.52. The van der Waals surface area contributed by atoms with E-state index in [1.54, 1.807) is 7.11 Å². The monoisotopic (exact) mass is 277 g/mol. The van der Waals surface area contributed by atoms with Crippen molar-refractivity contribution < 1.29 is 4.74 Å². The highest BCUT2D eigenvalue weighted by Crippen LogP contribution is 2.35. The predicted molar refractivity (Wildman–Crippen MR) is 84.5 cm³/mol. The number of methoxy groups -OCH3 is 1. The minimum absolute atomic E-state index is 0.0270. The van der Waals surface area contributed by atoms with Gasteiger partial charge in [-0.2, -0.15) is 0 Å². The van der Waals surface area contributed by atoms with Crippen LogP contribution < -0.4 is 15.4 Å². The van der Waals surface area contributed by atoms with Crippen molar-refractivity contribution in [2.75, 3.05) is 39.2 Å². The number of ether oxygens (including phenoxy) is 1. The van der Waals surface area contributed by atoms with Crippen molar-refractivity contribution >= 4 is 5.69 Å². The fraction of sp³-hybridized carbons (Fsp3) is 0.625. The van der Waals surface area contributed by atoms with E-state index in [-0.39, 0.29) is 6.04 Å². The Hall–Kier alpha value is -1.26. The number of hydrogen-bond acceptors (Lipinski definition) is 4. The average molecular weight is 277 g/mol. The number of nitrogens with two attached hydrogens (primary N) is 1. The molecule has 2 N–H and O–H groups in total. The fourth-order valence-corrected chi connectivity index (χ4v) is 3.04. The van der Waals surface area contributed by atoms with Crippen LogP contribution in [-0.2, 0) is 0 Å². The molecule has 4 heteroatoms. The molecular weight excluding hydrogens is 250 g/mol. The Labute approximate surface area is 122 Å². The second-order valence-corrected chi connectivity index (χ2v) is 5.89. The maximum Gasteiger partial charge on any atom is 0.125 e. The van der Waals surface area contributed by atoms with Gasteiger partial charge in [-0.1, -0.05) is 6.07 Å². The van der Waals surface area contributed by atoms with Crippen molar-refractivity contribution in [2.24, 2.45) is 5.73 Å². The SMILES string of the molecule is COc1cccc(N2CCCC(N(C)C)C2)c1[C@H](C)N. The van der Waals surface area contributed by atoms with Crippen LogP contribution in [-0.4, -0.2) is 45.2 Å². The van der Waals surface area contributed by atoms with Crippen molar-refractivity contribution in [1.82, 2.24) is 4.90 Å². The minimum Gasteiger partial charge on any atom is -0.496 e. The quantitative estimate of drug-likeness (QED) is 0.916. The summed E-state index contributed by atoms with van der Waals surface area (Å²) < 4.78 is 5.50. The standard InChI is InChI=1S/C16H27N3O/c1-12(17)16-14(8-5-9-15(16)20-4)19-10-6-7-13(11-19)18(2)3/h5,8-9,12-13H,6-7,10-11,17H2,1-4H3/t12-,13?/m0/s1. The average Bonchev–Trinajstić information content (AvgIpc) is 2.46. The summed E-state index contributed by atoms with van der Waals surface area (Å²) in [6.45, 7) is 4.17. The number of nitrogens with zero attached hydrogens (tertiary/aromatic N) is 2. The Balaban J connectivity index is 2.32. The molecule has 1 aromatic rings. The van der Waals surface area contributed by atoms with E-state index in [0.29, 0.717) is 6.04 Å². The molecule has 20 heavy (non-hydrogen) atoms. The molecule has 0 aliphatic carbocycles. The first-order chi connectivity index (χ1) is 9.54. The number of anilines is 1. The van der Waals surface area contributed by atoms with E-state index in [1.165, 1.54) is 18.5 Å². The highest BCUT2D eigenvalue weighted by atomic mass is 16.5. The summed E-state index contributed by atoms with van der Waals surface area (Å²) in [5, 5.41) is 0. The summed E-state index contributed by atoms with van der Waals surface area (Å²) in [7, 11) is 6.03. The van der Waals surface area contributed by atoms with Gasteiger partial charge >= 0.3 is 0 Å². The van der Waals surface area contributed by atoms with Crippen LogP contribution in [0.15, 0.2) is 18.2 Å². The van der Waals surface area contributed by atoms with Gasteiger partial charge in [0.2, 0.25) is 0 Å². The molecule has 1 aromatic carbocycles. The topological polar surface area (TPSA) is 41.7 Å². The molecule has 2 atom stereocenters. The third-order valence-corrected chi connectivity index (χ3v) is 4.19. The Morgan fingerprint density at radius 3 is 2.75 bits per heavy atom. The highest BCUT2D eigenvalue weighted by Gasteiger charge is 2.25. The summed E-state index contributed by atoms with van der Waals surface area (Å²) in [4.78, 5) is 4.77. The van der Waals surface area contributed by atoms with Crippen LogP contribution in [0.25, 0.3) is 0 Å². The second kappa shape index (κ2) is 6.46. The molecule has 112 valence electrons. The maximum absolute atomic E-state index is 6.17. The minimum atomic E-state index is -0.0270. The van der Waals surface area contributed by atoms with Gasteiger partial charge in [-0.3, -0.25) is 0 Å². The van der Waals surface area contributed by atoms with E-state index in [1.807, 2.05) is 13.0 Å². The van der Waals surface area contributed by atoms with Crippen molar-refractivity contribution in [3.8, 4) is 5.75 Å². The Morgan fingerprint density at radius 1 is 1.40 bits per heavy atom. The lowest BCUT2D eigenvalue weighted by Crippen LogP contribution is -2.45. The van der Waals surface area contributed by atoms with Crippen LogP contribution in [0.1, 0.15) is 31.4 Å². The Bertz CT molecular complexity index is 445. The largest absolute Gasteiger partial charge is 0.496 e. The van der Waals surface area contributed by atoms with Crippen molar-refractivity contribution in [2.45, 2.75) is 31.8 Å². The lowest BCUT2D eigenvalue weighted by atomic mass is 10.00. The zero-order valence-electron chi connectivity index (χ0n) is 13.1. The van der Waals surface area contributed by atoms with Crippen LogP contribution in [0, 0.1) is 0 Å². The lowest BCUT2D eigenvalue weighted by molar-refractivity contribution is 0.257. The van der Waals surface area contributed by atoms with E-state index in [9.17, 15) is 0 Å². The normalized spacial score (nSPS) is 21.1. The molecule has 2 rings (SSSR count). The van der Waals surface area contributed by atoms with Gasteiger partial charge in [-0.05, 0) is 46.0 Å². The van der Waals surface area contributed by atoms with Crippen molar-refractivity contribution in [3.63, 3.8) is 0 Å². The van der Waals surface area contributed by atoms with Gasteiger partial charge in [-0.15, -0.1) is 0 Å². The van der Waals surface area contributed by atoms with E-state index in [4.69, 9.17) is 10.5 Å². The molecule has 0 bridgehead atoms. The van der Waals surface area contributed by atoms with Crippen molar-refractivity contribution in [3.05, 3.63) is 23.8 Å². The number of rotatable bonds is 4. The van der Waals surface area contributed by atoms with E-state index < -0.39 is 0 Å². The molecule has 1 saturated heterocycles. The molecule has 0 aromatic heterocycles. The van der Waals surface area contributed by atoms with E-state index in [2.05, 4.69) is 36.0 Å². The predicted octanol–water partition coefficient (Wildman–Crippen LogP) is 2.25. The zero-order valence-corrected chi connectivity index (χ0v) is 13.1. The summed E-state index contributed by atoms with van der Waals surface area (Å²) in [6.07, 6.45) is 2.49. The summed E-state index contributed by atoms with van der Waals surface area (Å²) >= 11 is 0. The lowest BCUT2D eigenvalue weighted by Gasteiger charge is -2.39. The first-order valence-corrected chi connectivity index (χ1v) is 7.38. The molecule has 0 amide bonds. The molecule has 0 saturated carbocycles. The van der Waals surface area contributed by atoms with Gasteiger partial charge in [-0.25, -0.2) is 0 Å². The zero-order chi connectivity index (χ0) is 14.7. The second-order valence-electron chi connectivity index (χ2n) is 5.89. The number of likely N-dealkylation sites (N-methyl/N-ethyl adjacent to an activating group) is 1. The van der Waals surface area contributed by atoms with Gasteiger partial charge < -0.3 is 20.3 Å². The van der Waals surface area contributed by atoms with Gasteiger partial charge in [0, 0.05) is 36.4 Å². The van der Waals surface area contributed by atoms with E-state index >= 15 is 0 Å². The van der Waals surface area contributed by atoms with Gasteiger partial charge in [0.25, 0.3) is 0 Å². The maximum atomic E-state index is 6.17. The number of piperidine rings is 1. The first kappa shape index (κ1) is 15.1. The summed E-state index contributed by atoms with van der Waals surface area (Å²) in [5.74, 6) is 0.893. The molecular formula is C16H27N3O. The van der Waals surface area contributed by atoms with Crippen LogP contribution in [0.3, 0.4) is 0 Å². The first-order valence-electron chi connectivity index (χ1n) is 7.38. The fourth-order valence-electron chi connectivity index (χ4n) is 3.04. The molecule has 1 unspecified atom stereocenters. The van der Waals surface area contributed by atoms with E-state index in [0.717, 1.165) is 24.4 Å². The smallest absolute Gasteiger partial charge is 0.125 e. The molecule has 0 radical (unpaired) electrons. The van der Waals surface area contributed by atoms with Crippen LogP contribution in [0.4, 0.5) is 5.69 Å². The van der Waals surface area contributed by atoms with Gasteiger partial charge in [0.05, 0.1) is 7.11 Å². The molecule has 4 nitrogen and oxygen atoms in total. The molecule has 1 aliphatic heterocycles. The summed E-state index contributed by atoms with van der Waals surface area (Å²) in [6, 6.07) is 6.80.